The number of hydrogen-bond acceptors (Lipinski definition) is 2. The van der Waals surface area contributed by atoms with E-state index in [9.17, 15) is 0 Å². The minimum atomic E-state index is -0.124. The molecular weight excluding hydrogens is 314 g/mol. The number of halogens is 1. The van der Waals surface area contributed by atoms with E-state index in [4.69, 9.17) is 10.5 Å². The van der Waals surface area contributed by atoms with E-state index in [1.165, 1.54) is 31.2 Å². The molecule has 20 heavy (non-hydrogen) atoms. The van der Waals surface area contributed by atoms with Crippen molar-refractivity contribution in [2.24, 2.45) is 5.73 Å². The van der Waals surface area contributed by atoms with Gasteiger partial charge in [-0.05, 0) is 37.8 Å². The molecule has 1 saturated carbocycles. The first-order valence-corrected chi connectivity index (χ1v) is 8.60. The van der Waals surface area contributed by atoms with Crippen LogP contribution >= 0.6 is 15.9 Å². The van der Waals surface area contributed by atoms with Crippen LogP contribution in [0.15, 0.2) is 28.7 Å². The molecule has 1 aromatic rings. The molecule has 0 aromatic heterocycles. The van der Waals surface area contributed by atoms with Gasteiger partial charge in [-0.3, -0.25) is 0 Å². The van der Waals surface area contributed by atoms with Gasteiger partial charge in [-0.15, -0.1) is 0 Å². The zero-order chi connectivity index (χ0) is 14.4. The summed E-state index contributed by atoms with van der Waals surface area (Å²) in [6.07, 6.45) is 8.20. The fourth-order valence-electron chi connectivity index (χ4n) is 3.32. The Kier molecular flexibility index (Phi) is 6.06. The van der Waals surface area contributed by atoms with Gasteiger partial charge in [0.25, 0.3) is 0 Å². The summed E-state index contributed by atoms with van der Waals surface area (Å²) in [6, 6.07) is 8.43. The largest absolute Gasteiger partial charge is 0.374 e. The summed E-state index contributed by atoms with van der Waals surface area (Å²) in [5.74, 6) is 0. The molecule has 112 valence electrons. The maximum Gasteiger partial charge on any atom is 0.0835 e. The fraction of sp³-hybridized carbons (Fsp3) is 0.647. The molecule has 1 aromatic carbocycles. The number of rotatable bonds is 5. The summed E-state index contributed by atoms with van der Waals surface area (Å²) in [5.41, 5.74) is 7.75. The minimum absolute atomic E-state index is 0.0687. The third-order valence-electron chi connectivity index (χ3n) is 4.46. The number of hydrogen-bond donors (Lipinski definition) is 1. The molecule has 2 rings (SSSR count). The van der Waals surface area contributed by atoms with Crippen molar-refractivity contribution in [2.45, 2.75) is 63.5 Å². The Morgan fingerprint density at radius 1 is 1.20 bits per heavy atom. The van der Waals surface area contributed by atoms with E-state index < -0.39 is 0 Å². The molecule has 0 heterocycles. The number of ether oxygens (including phenoxy) is 1. The Hall–Kier alpha value is -0.380. The van der Waals surface area contributed by atoms with Crippen LogP contribution in [0.1, 0.15) is 51.0 Å². The third-order valence-corrected chi connectivity index (χ3v) is 5.23. The normalized spacial score (nSPS) is 20.4. The second kappa shape index (κ2) is 7.58. The molecule has 1 fully saturated rings. The zero-order valence-corrected chi connectivity index (χ0v) is 14.0. The molecule has 1 atom stereocenters. The van der Waals surface area contributed by atoms with Gasteiger partial charge in [0.2, 0.25) is 0 Å². The summed E-state index contributed by atoms with van der Waals surface area (Å²) in [5, 5.41) is 0. The Morgan fingerprint density at radius 2 is 1.85 bits per heavy atom. The zero-order valence-electron chi connectivity index (χ0n) is 12.4. The summed E-state index contributed by atoms with van der Waals surface area (Å²) in [4.78, 5) is 0. The highest BCUT2D eigenvalue weighted by Gasteiger charge is 2.37. The molecule has 0 spiro atoms. The lowest BCUT2D eigenvalue weighted by Gasteiger charge is -2.38. The van der Waals surface area contributed by atoms with E-state index in [0.29, 0.717) is 0 Å². The molecule has 2 nitrogen and oxygen atoms in total. The van der Waals surface area contributed by atoms with E-state index in [1.807, 2.05) is 6.07 Å². The lowest BCUT2D eigenvalue weighted by Crippen LogP contribution is -2.51. The van der Waals surface area contributed by atoms with Crippen LogP contribution in [0.2, 0.25) is 0 Å². The average Bonchev–Trinajstić information content (AvgIpc) is 2.68. The molecule has 1 unspecified atom stereocenters. The van der Waals surface area contributed by atoms with E-state index in [2.05, 4.69) is 41.1 Å². The first kappa shape index (κ1) is 16.0. The first-order chi connectivity index (χ1) is 9.68. The van der Waals surface area contributed by atoms with Crippen molar-refractivity contribution in [3.05, 3.63) is 34.3 Å². The highest BCUT2D eigenvalue weighted by Crippen LogP contribution is 2.34. The van der Waals surface area contributed by atoms with Gasteiger partial charge in [0.1, 0.15) is 0 Å². The molecule has 1 aliphatic carbocycles. The SMILES string of the molecule is CCOC1(C(N)Cc2ccccc2Br)CCCCCC1. The maximum atomic E-state index is 6.59. The molecular formula is C17H26BrNO. The summed E-state index contributed by atoms with van der Waals surface area (Å²) in [7, 11) is 0. The lowest BCUT2D eigenvalue weighted by atomic mass is 9.83. The van der Waals surface area contributed by atoms with E-state index in [1.54, 1.807) is 0 Å². The fourth-order valence-corrected chi connectivity index (χ4v) is 3.77. The van der Waals surface area contributed by atoms with Crippen LogP contribution in [0.5, 0.6) is 0 Å². The van der Waals surface area contributed by atoms with Crippen molar-refractivity contribution in [2.75, 3.05) is 6.61 Å². The monoisotopic (exact) mass is 339 g/mol. The van der Waals surface area contributed by atoms with Crippen LogP contribution in [0, 0.1) is 0 Å². The quantitative estimate of drug-likeness (QED) is 0.804. The smallest absolute Gasteiger partial charge is 0.0835 e. The maximum absolute atomic E-state index is 6.59. The van der Waals surface area contributed by atoms with Gasteiger partial charge in [-0.1, -0.05) is 59.8 Å². The molecule has 1 aliphatic rings. The third kappa shape index (κ3) is 3.84. The van der Waals surface area contributed by atoms with Gasteiger partial charge >= 0.3 is 0 Å². The van der Waals surface area contributed by atoms with Crippen molar-refractivity contribution in [3.8, 4) is 0 Å². The Labute approximate surface area is 131 Å². The van der Waals surface area contributed by atoms with Crippen molar-refractivity contribution in [1.29, 1.82) is 0 Å². The van der Waals surface area contributed by atoms with Crippen molar-refractivity contribution in [3.63, 3.8) is 0 Å². The summed E-state index contributed by atoms with van der Waals surface area (Å²) in [6.45, 7) is 2.83. The highest BCUT2D eigenvalue weighted by atomic mass is 79.9. The first-order valence-electron chi connectivity index (χ1n) is 7.81. The van der Waals surface area contributed by atoms with Gasteiger partial charge < -0.3 is 10.5 Å². The second-order valence-corrected chi connectivity index (χ2v) is 6.67. The van der Waals surface area contributed by atoms with Crippen LogP contribution in [-0.2, 0) is 11.2 Å². The number of nitrogens with two attached hydrogens (primary N) is 1. The van der Waals surface area contributed by atoms with Crippen LogP contribution in [0.3, 0.4) is 0 Å². The van der Waals surface area contributed by atoms with Crippen LogP contribution in [0.25, 0.3) is 0 Å². The van der Waals surface area contributed by atoms with Gasteiger partial charge in [0.05, 0.1) is 5.60 Å². The average molecular weight is 340 g/mol. The molecule has 0 amide bonds. The van der Waals surface area contributed by atoms with Crippen molar-refractivity contribution in [1.82, 2.24) is 0 Å². The Bertz CT molecular complexity index is 413. The highest BCUT2D eigenvalue weighted by molar-refractivity contribution is 9.10. The number of benzene rings is 1. The van der Waals surface area contributed by atoms with Crippen molar-refractivity contribution < 1.29 is 4.74 Å². The second-order valence-electron chi connectivity index (χ2n) is 5.81. The van der Waals surface area contributed by atoms with Gasteiger partial charge in [0, 0.05) is 17.1 Å². The molecule has 0 saturated heterocycles. The summed E-state index contributed by atoms with van der Waals surface area (Å²) >= 11 is 3.62. The Balaban J connectivity index is 2.14. The Morgan fingerprint density at radius 3 is 2.45 bits per heavy atom. The standard InChI is InChI=1S/C17H26BrNO/c1-2-20-17(11-7-3-4-8-12-17)16(19)13-14-9-5-6-10-15(14)18/h5-6,9-10,16H,2-4,7-8,11-13,19H2,1H3. The molecule has 2 N–H and O–H groups in total. The van der Waals surface area contributed by atoms with Gasteiger partial charge in [-0.2, -0.15) is 0 Å². The summed E-state index contributed by atoms with van der Waals surface area (Å²) < 4.78 is 7.33. The molecule has 0 bridgehead atoms. The minimum Gasteiger partial charge on any atom is -0.374 e. The van der Waals surface area contributed by atoms with Gasteiger partial charge in [0.15, 0.2) is 0 Å². The molecule has 3 heteroatoms. The lowest BCUT2D eigenvalue weighted by molar-refractivity contribution is -0.0683. The van der Waals surface area contributed by atoms with Crippen LogP contribution in [-0.4, -0.2) is 18.2 Å². The van der Waals surface area contributed by atoms with E-state index >= 15 is 0 Å². The van der Waals surface area contributed by atoms with Crippen LogP contribution in [0.4, 0.5) is 0 Å². The predicted octanol–water partition coefficient (Wildman–Crippen LogP) is 4.45. The predicted molar refractivity (Wildman–Crippen MR) is 87.9 cm³/mol. The van der Waals surface area contributed by atoms with Crippen molar-refractivity contribution >= 4 is 15.9 Å². The molecule has 0 radical (unpaired) electrons. The van der Waals surface area contributed by atoms with E-state index in [0.717, 1.165) is 30.3 Å². The van der Waals surface area contributed by atoms with Crippen LogP contribution < -0.4 is 5.73 Å². The topological polar surface area (TPSA) is 35.2 Å². The van der Waals surface area contributed by atoms with Gasteiger partial charge in [-0.25, -0.2) is 0 Å². The molecule has 0 aliphatic heterocycles. The van der Waals surface area contributed by atoms with E-state index in [-0.39, 0.29) is 11.6 Å².